The molecule has 0 unspecified atom stereocenters. The summed E-state index contributed by atoms with van der Waals surface area (Å²) in [5.41, 5.74) is 3.32. The van der Waals surface area contributed by atoms with E-state index < -0.39 is 5.97 Å². The Hall–Kier alpha value is -3.55. The van der Waals surface area contributed by atoms with Crippen LogP contribution in [0.25, 0.3) is 6.08 Å². The molecule has 6 nitrogen and oxygen atoms in total. The Labute approximate surface area is 200 Å². The maximum absolute atomic E-state index is 12.4. The van der Waals surface area contributed by atoms with Crippen LogP contribution < -0.4 is 10.1 Å². The lowest BCUT2D eigenvalue weighted by Crippen LogP contribution is -2.19. The lowest BCUT2D eigenvalue weighted by molar-refractivity contribution is -0.115. The normalized spacial score (nSPS) is 15.6. The van der Waals surface area contributed by atoms with Crippen LogP contribution in [-0.2, 0) is 11.4 Å². The van der Waals surface area contributed by atoms with Crippen molar-refractivity contribution >= 4 is 52.2 Å². The third kappa shape index (κ3) is 5.83. The Balaban J connectivity index is 1.43. The number of benzene rings is 3. The lowest BCUT2D eigenvalue weighted by atomic mass is 10.1. The minimum atomic E-state index is -1.03. The summed E-state index contributed by atoms with van der Waals surface area (Å²) < 4.78 is 5.79. The fourth-order valence-corrected chi connectivity index (χ4v) is 3.97. The number of ether oxygens (including phenoxy) is 1. The first-order valence-electron chi connectivity index (χ1n) is 9.98. The van der Waals surface area contributed by atoms with Crippen LogP contribution in [0.4, 0.5) is 5.69 Å². The molecular weight excluding hydrogens is 460 g/mol. The molecule has 33 heavy (non-hydrogen) atoms. The summed E-state index contributed by atoms with van der Waals surface area (Å²) in [4.78, 5) is 28.5. The van der Waals surface area contributed by atoms with E-state index in [0.29, 0.717) is 33.1 Å². The number of nitrogens with one attached hydrogen (secondary N) is 1. The van der Waals surface area contributed by atoms with Gasteiger partial charge in [0.15, 0.2) is 5.17 Å². The zero-order valence-electron chi connectivity index (χ0n) is 17.5. The van der Waals surface area contributed by atoms with Gasteiger partial charge in [0.25, 0.3) is 5.91 Å². The first kappa shape index (κ1) is 22.6. The predicted molar refractivity (Wildman–Crippen MR) is 131 cm³/mol. The number of nitrogens with zero attached hydrogens (tertiary/aromatic N) is 1. The Bertz CT molecular complexity index is 1270. The topological polar surface area (TPSA) is 88.0 Å². The Morgan fingerprint density at radius 2 is 1.85 bits per heavy atom. The second-order valence-electron chi connectivity index (χ2n) is 7.27. The zero-order valence-corrected chi connectivity index (χ0v) is 19.1. The standard InChI is InChI=1S/C25H19ClN2O4S/c1-15-2-7-18(24(30)31)13-21(15)27-25-28-23(29)22(33-25)12-16-5-10-20(11-6-16)32-14-17-3-8-19(26)9-4-17/h2-13H,14H2,1H3,(H,30,31)(H,27,28,29). The van der Waals surface area contributed by atoms with Crippen LogP contribution >= 0.6 is 23.4 Å². The molecule has 1 heterocycles. The van der Waals surface area contributed by atoms with Gasteiger partial charge in [0, 0.05) is 5.02 Å². The molecule has 1 aliphatic rings. The summed E-state index contributed by atoms with van der Waals surface area (Å²) in [6.45, 7) is 2.26. The van der Waals surface area contributed by atoms with Gasteiger partial charge in [-0.25, -0.2) is 9.79 Å². The molecule has 166 valence electrons. The average Bonchev–Trinajstić information content (AvgIpc) is 3.14. The van der Waals surface area contributed by atoms with E-state index in [1.807, 2.05) is 55.5 Å². The highest BCUT2D eigenvalue weighted by atomic mass is 35.5. The number of carboxylic acids is 1. The van der Waals surface area contributed by atoms with Crippen LogP contribution in [-0.4, -0.2) is 22.2 Å². The first-order chi connectivity index (χ1) is 15.9. The van der Waals surface area contributed by atoms with Crippen molar-refractivity contribution in [1.82, 2.24) is 5.32 Å². The van der Waals surface area contributed by atoms with Crippen molar-refractivity contribution < 1.29 is 19.4 Å². The summed E-state index contributed by atoms with van der Waals surface area (Å²) in [5, 5.41) is 13.0. The Morgan fingerprint density at radius 3 is 2.55 bits per heavy atom. The largest absolute Gasteiger partial charge is 0.489 e. The van der Waals surface area contributed by atoms with Gasteiger partial charge in [0.05, 0.1) is 16.2 Å². The zero-order chi connectivity index (χ0) is 23.4. The molecule has 0 aliphatic carbocycles. The van der Waals surface area contributed by atoms with Gasteiger partial charge < -0.3 is 15.2 Å². The molecule has 2 N–H and O–H groups in total. The molecule has 3 aromatic rings. The van der Waals surface area contributed by atoms with E-state index >= 15 is 0 Å². The first-order valence-corrected chi connectivity index (χ1v) is 11.2. The van der Waals surface area contributed by atoms with Crippen molar-refractivity contribution in [3.05, 3.63) is 98.9 Å². The molecule has 0 saturated carbocycles. The molecule has 0 aromatic heterocycles. The monoisotopic (exact) mass is 478 g/mol. The van der Waals surface area contributed by atoms with E-state index in [1.165, 1.54) is 23.9 Å². The van der Waals surface area contributed by atoms with Gasteiger partial charge in [-0.1, -0.05) is 41.9 Å². The second-order valence-corrected chi connectivity index (χ2v) is 8.74. The number of halogens is 1. The molecule has 1 fully saturated rings. The number of carboxylic acid groups (broad SMARTS) is 1. The number of amides is 1. The third-order valence-electron chi connectivity index (χ3n) is 4.83. The maximum Gasteiger partial charge on any atom is 0.335 e. The van der Waals surface area contributed by atoms with Gasteiger partial charge in [0.1, 0.15) is 12.4 Å². The number of carbonyl (C=O) groups is 2. The minimum Gasteiger partial charge on any atom is -0.489 e. The number of aryl methyl sites for hydroxylation is 1. The van der Waals surface area contributed by atoms with Crippen molar-refractivity contribution in [2.75, 3.05) is 0 Å². The fourth-order valence-electron chi connectivity index (χ4n) is 3.01. The van der Waals surface area contributed by atoms with E-state index in [1.54, 1.807) is 12.1 Å². The van der Waals surface area contributed by atoms with Crippen LogP contribution in [0.2, 0.25) is 5.02 Å². The third-order valence-corrected chi connectivity index (χ3v) is 5.99. The summed E-state index contributed by atoms with van der Waals surface area (Å²) in [6.07, 6.45) is 1.77. The molecule has 1 saturated heterocycles. The van der Waals surface area contributed by atoms with Crippen LogP contribution in [0, 0.1) is 6.92 Å². The molecule has 0 atom stereocenters. The molecule has 1 amide bonds. The van der Waals surface area contributed by atoms with Crippen molar-refractivity contribution in [3.8, 4) is 5.75 Å². The van der Waals surface area contributed by atoms with Crippen molar-refractivity contribution in [2.45, 2.75) is 13.5 Å². The molecule has 3 aromatic carbocycles. The van der Waals surface area contributed by atoms with E-state index in [0.717, 1.165) is 16.7 Å². The van der Waals surface area contributed by atoms with Gasteiger partial charge in [-0.15, -0.1) is 0 Å². The van der Waals surface area contributed by atoms with Crippen LogP contribution in [0.15, 0.2) is 76.6 Å². The lowest BCUT2D eigenvalue weighted by Gasteiger charge is -2.06. The summed E-state index contributed by atoms with van der Waals surface area (Å²) >= 11 is 7.10. The summed E-state index contributed by atoms with van der Waals surface area (Å²) in [5.74, 6) is -0.568. The average molecular weight is 479 g/mol. The second kappa shape index (κ2) is 9.94. The van der Waals surface area contributed by atoms with E-state index in [2.05, 4.69) is 10.3 Å². The van der Waals surface area contributed by atoms with Gasteiger partial charge in [-0.05, 0) is 77.9 Å². The van der Waals surface area contributed by atoms with Crippen LogP contribution in [0.1, 0.15) is 27.0 Å². The molecule has 8 heteroatoms. The fraction of sp³-hybridized carbons (Fsp3) is 0.0800. The molecule has 0 radical (unpaired) electrons. The number of thioether (sulfide) groups is 1. The quantitative estimate of drug-likeness (QED) is 0.436. The molecule has 1 aliphatic heterocycles. The van der Waals surface area contributed by atoms with E-state index in [-0.39, 0.29) is 11.5 Å². The smallest absolute Gasteiger partial charge is 0.335 e. The van der Waals surface area contributed by atoms with Crippen LogP contribution in [0.5, 0.6) is 5.75 Å². The molecule has 4 rings (SSSR count). The minimum absolute atomic E-state index is 0.142. The van der Waals surface area contributed by atoms with Crippen molar-refractivity contribution in [3.63, 3.8) is 0 Å². The number of aliphatic imine (C=N–C) groups is 1. The summed E-state index contributed by atoms with van der Waals surface area (Å²) in [6, 6.07) is 19.6. The van der Waals surface area contributed by atoms with Gasteiger partial charge >= 0.3 is 5.97 Å². The van der Waals surface area contributed by atoms with Gasteiger partial charge in [-0.3, -0.25) is 4.79 Å². The molecule has 0 spiro atoms. The number of hydrogen-bond acceptors (Lipinski definition) is 5. The van der Waals surface area contributed by atoms with Crippen molar-refractivity contribution in [1.29, 1.82) is 0 Å². The maximum atomic E-state index is 12.4. The SMILES string of the molecule is Cc1ccc(C(=O)O)cc1N=C1NC(=O)C(=Cc2ccc(OCc3ccc(Cl)cc3)cc2)S1. The predicted octanol–water partition coefficient (Wildman–Crippen LogP) is 5.82. The highest BCUT2D eigenvalue weighted by Gasteiger charge is 2.24. The van der Waals surface area contributed by atoms with E-state index in [9.17, 15) is 14.7 Å². The highest BCUT2D eigenvalue weighted by molar-refractivity contribution is 8.18. The Morgan fingerprint density at radius 1 is 1.12 bits per heavy atom. The molecular formula is C25H19ClN2O4S. The van der Waals surface area contributed by atoms with Gasteiger partial charge in [-0.2, -0.15) is 0 Å². The van der Waals surface area contributed by atoms with Crippen molar-refractivity contribution in [2.24, 2.45) is 4.99 Å². The number of hydrogen-bond donors (Lipinski definition) is 2. The number of aromatic carboxylic acids is 1. The number of amidine groups is 1. The number of rotatable bonds is 6. The number of carbonyl (C=O) groups excluding carboxylic acids is 1. The van der Waals surface area contributed by atoms with E-state index in [4.69, 9.17) is 16.3 Å². The molecule has 0 bridgehead atoms. The van der Waals surface area contributed by atoms with Crippen LogP contribution in [0.3, 0.4) is 0 Å². The Kier molecular flexibility index (Phi) is 6.82. The summed E-state index contributed by atoms with van der Waals surface area (Å²) in [7, 11) is 0. The van der Waals surface area contributed by atoms with Gasteiger partial charge in [0.2, 0.25) is 0 Å². The highest BCUT2D eigenvalue weighted by Crippen LogP contribution is 2.30.